The highest BCUT2D eigenvalue weighted by atomic mass is 32.2. The third-order valence-corrected chi connectivity index (χ3v) is 4.55. The van der Waals surface area contributed by atoms with Crippen LogP contribution in [0.15, 0.2) is 0 Å². The van der Waals surface area contributed by atoms with Crippen molar-refractivity contribution in [1.29, 1.82) is 0 Å². The first-order valence-corrected chi connectivity index (χ1v) is 8.02. The van der Waals surface area contributed by atoms with Gasteiger partial charge in [-0.05, 0) is 61.0 Å². The van der Waals surface area contributed by atoms with Gasteiger partial charge in [0.25, 0.3) is 0 Å². The number of thioether (sulfide) groups is 2. The molecule has 1 rings (SSSR count). The molecule has 1 aliphatic rings. The molecule has 0 radical (unpaired) electrons. The van der Waals surface area contributed by atoms with Gasteiger partial charge < -0.3 is 0 Å². The Balaban J connectivity index is 2.33. The molecular weight excluding hydrogens is 196 g/mol. The first-order chi connectivity index (χ1) is 6.26. The van der Waals surface area contributed by atoms with Crippen molar-refractivity contribution < 1.29 is 0 Å². The van der Waals surface area contributed by atoms with Gasteiger partial charge >= 0.3 is 0 Å². The highest BCUT2D eigenvalue weighted by Gasteiger charge is 2.25. The topological polar surface area (TPSA) is 0 Å². The Kier molecular flexibility index (Phi) is 5.65. The largest absolute Gasteiger partial charge is 0.165 e. The van der Waals surface area contributed by atoms with E-state index < -0.39 is 0 Å². The van der Waals surface area contributed by atoms with Gasteiger partial charge in [-0.3, -0.25) is 0 Å². The van der Waals surface area contributed by atoms with Crippen LogP contribution < -0.4 is 0 Å². The predicted octanol–water partition coefficient (Wildman–Crippen LogP) is 3.76. The smallest absolute Gasteiger partial charge is 0.00417 e. The summed E-state index contributed by atoms with van der Waals surface area (Å²) in [4.78, 5) is 0. The first kappa shape index (κ1) is 11.8. The van der Waals surface area contributed by atoms with Crippen LogP contribution in [0.25, 0.3) is 0 Å². The zero-order valence-electron chi connectivity index (χ0n) is 9.08. The van der Waals surface area contributed by atoms with E-state index in [1.807, 2.05) is 23.5 Å². The third kappa shape index (κ3) is 4.16. The summed E-state index contributed by atoms with van der Waals surface area (Å²) < 4.78 is 0. The molecule has 1 aliphatic carbocycles. The average molecular weight is 218 g/mol. The summed E-state index contributed by atoms with van der Waals surface area (Å²) in [5.74, 6) is 5.76. The van der Waals surface area contributed by atoms with Crippen molar-refractivity contribution in [3.63, 3.8) is 0 Å². The van der Waals surface area contributed by atoms with Gasteiger partial charge in [-0.15, -0.1) is 0 Å². The summed E-state index contributed by atoms with van der Waals surface area (Å²) in [6.07, 6.45) is 8.93. The maximum absolute atomic E-state index is 2.43. The van der Waals surface area contributed by atoms with E-state index in [0.29, 0.717) is 0 Å². The molecule has 0 nitrogen and oxygen atoms in total. The van der Waals surface area contributed by atoms with E-state index in [2.05, 4.69) is 19.4 Å². The van der Waals surface area contributed by atoms with Crippen molar-refractivity contribution >= 4 is 23.5 Å². The van der Waals surface area contributed by atoms with Gasteiger partial charge in [-0.1, -0.05) is 6.92 Å². The molecule has 0 N–H and O–H groups in total. The van der Waals surface area contributed by atoms with Crippen LogP contribution >= 0.6 is 23.5 Å². The second-order valence-corrected chi connectivity index (χ2v) is 6.28. The molecule has 78 valence electrons. The van der Waals surface area contributed by atoms with Crippen LogP contribution in [0.5, 0.6) is 0 Å². The highest BCUT2D eigenvalue weighted by molar-refractivity contribution is 7.98. The van der Waals surface area contributed by atoms with Gasteiger partial charge in [0.15, 0.2) is 0 Å². The maximum atomic E-state index is 2.43. The normalized spacial score (nSPS) is 34.8. The van der Waals surface area contributed by atoms with E-state index in [4.69, 9.17) is 0 Å². The lowest BCUT2D eigenvalue weighted by molar-refractivity contribution is 0.240. The lowest BCUT2D eigenvalue weighted by Gasteiger charge is -2.32. The Morgan fingerprint density at radius 3 is 1.77 bits per heavy atom. The van der Waals surface area contributed by atoms with E-state index >= 15 is 0 Å². The molecule has 0 heterocycles. The molecule has 2 atom stereocenters. The molecule has 1 saturated carbocycles. The van der Waals surface area contributed by atoms with Crippen LogP contribution in [-0.4, -0.2) is 24.0 Å². The van der Waals surface area contributed by atoms with Crippen LogP contribution in [0, 0.1) is 17.8 Å². The second kappa shape index (κ2) is 6.23. The van der Waals surface area contributed by atoms with Crippen LogP contribution in [0.4, 0.5) is 0 Å². The van der Waals surface area contributed by atoms with Gasteiger partial charge in [0.1, 0.15) is 0 Å². The predicted molar refractivity (Wildman–Crippen MR) is 66.8 cm³/mol. The van der Waals surface area contributed by atoms with Crippen molar-refractivity contribution in [2.75, 3.05) is 24.0 Å². The summed E-state index contributed by atoms with van der Waals surface area (Å²) in [5.41, 5.74) is 0. The Morgan fingerprint density at radius 1 is 0.923 bits per heavy atom. The van der Waals surface area contributed by atoms with E-state index in [0.717, 1.165) is 17.8 Å². The summed E-state index contributed by atoms with van der Waals surface area (Å²) >= 11 is 4.05. The summed E-state index contributed by atoms with van der Waals surface area (Å²) in [6.45, 7) is 2.43. The molecule has 0 aliphatic heterocycles. The lowest BCUT2D eigenvalue weighted by Crippen LogP contribution is -2.24. The van der Waals surface area contributed by atoms with Crippen molar-refractivity contribution in [2.24, 2.45) is 17.8 Å². The van der Waals surface area contributed by atoms with Gasteiger partial charge in [0, 0.05) is 0 Å². The fourth-order valence-electron chi connectivity index (χ4n) is 2.64. The third-order valence-electron chi connectivity index (χ3n) is 2.94. The SMILES string of the molecule is CSCC1CC(C)CC(CSC)C1. The summed E-state index contributed by atoms with van der Waals surface area (Å²) in [6, 6.07) is 0. The van der Waals surface area contributed by atoms with E-state index in [-0.39, 0.29) is 0 Å². The second-order valence-electron chi connectivity index (χ2n) is 4.46. The van der Waals surface area contributed by atoms with Crippen LogP contribution in [0.1, 0.15) is 26.2 Å². The fourth-order valence-corrected chi connectivity index (χ4v) is 4.13. The molecule has 0 aromatic heterocycles. The number of hydrogen-bond donors (Lipinski definition) is 0. The van der Waals surface area contributed by atoms with Crippen molar-refractivity contribution in [3.05, 3.63) is 0 Å². The van der Waals surface area contributed by atoms with Crippen molar-refractivity contribution in [1.82, 2.24) is 0 Å². The van der Waals surface area contributed by atoms with Gasteiger partial charge in [0.2, 0.25) is 0 Å². The Bertz CT molecular complexity index is 122. The molecule has 0 aromatic rings. The molecule has 2 heteroatoms. The van der Waals surface area contributed by atoms with E-state index in [9.17, 15) is 0 Å². The molecule has 0 aromatic carbocycles. The molecular formula is C11H22S2. The molecule has 0 saturated heterocycles. The molecule has 0 amide bonds. The fraction of sp³-hybridized carbons (Fsp3) is 1.00. The van der Waals surface area contributed by atoms with Gasteiger partial charge in [-0.2, -0.15) is 23.5 Å². The van der Waals surface area contributed by atoms with Gasteiger partial charge in [-0.25, -0.2) is 0 Å². The summed E-state index contributed by atoms with van der Waals surface area (Å²) in [5, 5.41) is 0. The van der Waals surface area contributed by atoms with Crippen LogP contribution in [-0.2, 0) is 0 Å². The van der Waals surface area contributed by atoms with Crippen molar-refractivity contribution in [2.45, 2.75) is 26.2 Å². The quantitative estimate of drug-likeness (QED) is 0.704. The molecule has 0 spiro atoms. The first-order valence-electron chi connectivity index (χ1n) is 5.24. The van der Waals surface area contributed by atoms with Crippen molar-refractivity contribution in [3.8, 4) is 0 Å². The monoisotopic (exact) mass is 218 g/mol. The zero-order valence-corrected chi connectivity index (χ0v) is 10.7. The molecule has 13 heavy (non-hydrogen) atoms. The van der Waals surface area contributed by atoms with Crippen LogP contribution in [0.3, 0.4) is 0 Å². The zero-order chi connectivity index (χ0) is 9.68. The molecule has 1 fully saturated rings. The summed E-state index contributed by atoms with van der Waals surface area (Å²) in [7, 11) is 0. The molecule has 0 bridgehead atoms. The minimum atomic E-state index is 0.975. The maximum Gasteiger partial charge on any atom is -0.00417 e. The number of rotatable bonds is 4. The Labute approximate surface area is 91.6 Å². The molecule has 2 unspecified atom stereocenters. The minimum absolute atomic E-state index is 0.975. The van der Waals surface area contributed by atoms with Gasteiger partial charge in [0.05, 0.1) is 0 Å². The average Bonchev–Trinajstić information content (AvgIpc) is 2.04. The van der Waals surface area contributed by atoms with Crippen LogP contribution in [0.2, 0.25) is 0 Å². The minimum Gasteiger partial charge on any atom is -0.165 e. The Hall–Kier alpha value is 0.700. The highest BCUT2D eigenvalue weighted by Crippen LogP contribution is 2.35. The standard InChI is InChI=1S/C11H22S2/c1-9-4-10(7-12-2)6-11(5-9)8-13-3/h9-11H,4-8H2,1-3H3. The number of hydrogen-bond acceptors (Lipinski definition) is 2. The van der Waals surface area contributed by atoms with E-state index in [1.54, 1.807) is 0 Å². The lowest BCUT2D eigenvalue weighted by atomic mass is 9.77. The van der Waals surface area contributed by atoms with E-state index in [1.165, 1.54) is 30.8 Å². The Morgan fingerprint density at radius 2 is 1.38 bits per heavy atom.